The van der Waals surface area contributed by atoms with E-state index in [1.54, 1.807) is 91.9 Å². The zero-order chi connectivity index (χ0) is 29.2. The van der Waals surface area contributed by atoms with Gasteiger partial charge in [-0.3, -0.25) is 14.4 Å². The third-order valence-electron chi connectivity index (χ3n) is 5.83. The van der Waals surface area contributed by atoms with Crippen molar-refractivity contribution in [3.63, 3.8) is 0 Å². The van der Waals surface area contributed by atoms with Crippen molar-refractivity contribution >= 4 is 58.5 Å². The van der Waals surface area contributed by atoms with Crippen LogP contribution in [0.25, 0.3) is 6.08 Å². The van der Waals surface area contributed by atoms with Crippen LogP contribution in [0.2, 0.25) is 5.02 Å². The van der Waals surface area contributed by atoms with Gasteiger partial charge in [-0.1, -0.05) is 60.1 Å². The summed E-state index contributed by atoms with van der Waals surface area (Å²) in [5, 5.41) is 8.55. The molecule has 41 heavy (non-hydrogen) atoms. The fraction of sp³-hybridized carbons (Fsp3) is 0.0938. The fourth-order valence-electron chi connectivity index (χ4n) is 3.80. The Labute approximate surface area is 248 Å². The van der Waals surface area contributed by atoms with Gasteiger partial charge in [-0.15, -0.1) is 11.8 Å². The van der Waals surface area contributed by atoms with Gasteiger partial charge < -0.3 is 20.7 Å². The largest absolute Gasteiger partial charge is 0.496 e. The van der Waals surface area contributed by atoms with Crippen LogP contribution in [0, 0.1) is 0 Å². The van der Waals surface area contributed by atoms with Crippen molar-refractivity contribution in [2.75, 3.05) is 17.7 Å². The number of methoxy groups -OCH3 is 1. The second-order valence-electron chi connectivity index (χ2n) is 8.86. The van der Waals surface area contributed by atoms with Crippen LogP contribution in [0.15, 0.2) is 114 Å². The molecule has 0 heterocycles. The summed E-state index contributed by atoms with van der Waals surface area (Å²) in [4.78, 5) is 39.9. The van der Waals surface area contributed by atoms with Gasteiger partial charge in [0.2, 0.25) is 5.91 Å². The molecule has 0 radical (unpaired) electrons. The minimum atomic E-state index is -0.519. The van der Waals surface area contributed by atoms with Crippen LogP contribution in [0.1, 0.15) is 22.8 Å². The predicted octanol–water partition coefficient (Wildman–Crippen LogP) is 6.88. The molecule has 0 aliphatic carbocycles. The third-order valence-corrected chi connectivity index (χ3v) is 7.16. The van der Waals surface area contributed by atoms with Crippen molar-refractivity contribution < 1.29 is 19.1 Å². The van der Waals surface area contributed by atoms with Crippen molar-refractivity contribution in [3.05, 3.63) is 125 Å². The first-order valence-corrected chi connectivity index (χ1v) is 13.9. The number of anilines is 2. The Morgan fingerprint density at radius 2 is 1.51 bits per heavy atom. The molecule has 4 rings (SSSR count). The molecule has 0 fully saturated rings. The van der Waals surface area contributed by atoms with Crippen LogP contribution >= 0.6 is 23.4 Å². The van der Waals surface area contributed by atoms with Crippen LogP contribution < -0.4 is 20.7 Å². The lowest BCUT2D eigenvalue weighted by molar-refractivity contribution is -0.115. The first kappa shape index (κ1) is 29.5. The van der Waals surface area contributed by atoms with E-state index in [9.17, 15) is 14.4 Å². The monoisotopic (exact) mass is 585 g/mol. The molecule has 0 saturated carbocycles. The average Bonchev–Trinajstić information content (AvgIpc) is 2.97. The number of nitrogens with one attached hydrogen (secondary N) is 3. The van der Waals surface area contributed by atoms with Gasteiger partial charge in [-0.2, -0.15) is 0 Å². The summed E-state index contributed by atoms with van der Waals surface area (Å²) in [6.45, 7) is 1.79. The molecule has 0 aliphatic heterocycles. The van der Waals surface area contributed by atoms with E-state index in [1.807, 2.05) is 24.3 Å². The first-order chi connectivity index (χ1) is 19.8. The standard InChI is InChI=1S/C32H28ClN3O4S/c1-21(30(37)34-25-14-8-13-24(33)19-25)41-27-16-9-15-26(20-27)35-32(39)28(18-23-12-6-7-17-29(23)40-2)36-31(38)22-10-4-3-5-11-22/h3-21H,1-2H3,(H,34,37)(H,35,39)(H,36,38)/b28-18+. The Hall–Kier alpha value is -4.53. The van der Waals surface area contributed by atoms with Gasteiger partial charge in [-0.05, 0) is 67.6 Å². The van der Waals surface area contributed by atoms with Gasteiger partial charge in [0.15, 0.2) is 0 Å². The maximum atomic E-state index is 13.4. The third kappa shape index (κ3) is 8.48. The minimum Gasteiger partial charge on any atom is -0.496 e. The number of ether oxygens (including phenoxy) is 1. The molecule has 4 aromatic carbocycles. The average molecular weight is 586 g/mol. The molecule has 3 amide bonds. The minimum absolute atomic E-state index is 0.0377. The fourth-order valence-corrected chi connectivity index (χ4v) is 4.91. The number of para-hydroxylation sites is 1. The van der Waals surface area contributed by atoms with Crippen LogP contribution in [0.4, 0.5) is 11.4 Å². The van der Waals surface area contributed by atoms with Crippen LogP contribution in [-0.4, -0.2) is 30.1 Å². The Balaban J connectivity index is 1.50. The number of benzene rings is 4. The lowest BCUT2D eigenvalue weighted by atomic mass is 10.1. The highest BCUT2D eigenvalue weighted by Crippen LogP contribution is 2.27. The van der Waals surface area contributed by atoms with Gasteiger partial charge in [-0.25, -0.2) is 0 Å². The molecule has 0 aliphatic rings. The zero-order valence-corrected chi connectivity index (χ0v) is 24.0. The maximum absolute atomic E-state index is 13.4. The lowest BCUT2D eigenvalue weighted by Crippen LogP contribution is -2.30. The molecule has 208 valence electrons. The van der Waals surface area contributed by atoms with Gasteiger partial charge in [0.25, 0.3) is 11.8 Å². The number of hydrogen-bond donors (Lipinski definition) is 3. The summed E-state index contributed by atoms with van der Waals surface area (Å²) in [7, 11) is 1.54. The molecule has 9 heteroatoms. The molecule has 0 saturated heterocycles. The van der Waals surface area contributed by atoms with Crippen molar-refractivity contribution in [2.24, 2.45) is 0 Å². The summed E-state index contributed by atoms with van der Waals surface area (Å²) in [5.41, 5.74) is 2.19. The van der Waals surface area contributed by atoms with E-state index >= 15 is 0 Å². The van der Waals surface area contributed by atoms with Crippen LogP contribution in [-0.2, 0) is 9.59 Å². The topological polar surface area (TPSA) is 96.5 Å². The van der Waals surface area contributed by atoms with Crippen molar-refractivity contribution in [2.45, 2.75) is 17.1 Å². The van der Waals surface area contributed by atoms with Crippen LogP contribution in [0.5, 0.6) is 5.75 Å². The number of rotatable bonds is 10. The van der Waals surface area contributed by atoms with E-state index in [-0.39, 0.29) is 11.6 Å². The maximum Gasteiger partial charge on any atom is 0.272 e. The summed E-state index contributed by atoms with van der Waals surface area (Å²) in [6.07, 6.45) is 1.57. The number of halogens is 1. The summed E-state index contributed by atoms with van der Waals surface area (Å²) < 4.78 is 5.42. The Morgan fingerprint density at radius 1 is 0.829 bits per heavy atom. The van der Waals surface area contributed by atoms with Crippen molar-refractivity contribution in [3.8, 4) is 5.75 Å². The van der Waals surface area contributed by atoms with Crippen molar-refractivity contribution in [1.82, 2.24) is 5.32 Å². The molecule has 7 nitrogen and oxygen atoms in total. The molecule has 4 aromatic rings. The highest BCUT2D eigenvalue weighted by atomic mass is 35.5. The van der Waals surface area contributed by atoms with E-state index in [0.717, 1.165) is 4.90 Å². The lowest BCUT2D eigenvalue weighted by Gasteiger charge is -2.14. The molecule has 1 atom stereocenters. The van der Waals surface area contributed by atoms with Crippen LogP contribution in [0.3, 0.4) is 0 Å². The Bertz CT molecular complexity index is 1580. The molecule has 0 bridgehead atoms. The molecule has 3 N–H and O–H groups in total. The van der Waals surface area contributed by atoms with Gasteiger partial charge in [0.05, 0.1) is 12.4 Å². The molecular weight excluding hydrogens is 558 g/mol. The second-order valence-corrected chi connectivity index (χ2v) is 10.7. The normalized spacial score (nSPS) is 11.7. The second kappa shape index (κ2) is 14.2. The van der Waals surface area contributed by atoms with E-state index in [0.29, 0.717) is 33.3 Å². The van der Waals surface area contributed by atoms with Gasteiger partial charge in [0, 0.05) is 32.4 Å². The first-order valence-electron chi connectivity index (χ1n) is 12.7. The Morgan fingerprint density at radius 3 is 2.24 bits per heavy atom. The van der Waals surface area contributed by atoms with Gasteiger partial charge in [0.1, 0.15) is 11.4 Å². The number of amides is 3. The van der Waals surface area contributed by atoms with Crippen molar-refractivity contribution in [1.29, 1.82) is 0 Å². The highest BCUT2D eigenvalue weighted by Gasteiger charge is 2.18. The Kier molecular flexibility index (Phi) is 10.2. The molecule has 1 unspecified atom stereocenters. The summed E-state index contributed by atoms with van der Waals surface area (Å²) >= 11 is 7.36. The molecule has 0 spiro atoms. The summed E-state index contributed by atoms with van der Waals surface area (Å²) in [6, 6.07) is 29.9. The quantitative estimate of drug-likeness (QED) is 0.139. The summed E-state index contributed by atoms with van der Waals surface area (Å²) in [5.74, 6) is -0.576. The predicted molar refractivity (Wildman–Crippen MR) is 165 cm³/mol. The smallest absolute Gasteiger partial charge is 0.272 e. The van der Waals surface area contributed by atoms with E-state index in [2.05, 4.69) is 16.0 Å². The van der Waals surface area contributed by atoms with E-state index in [1.165, 1.54) is 18.9 Å². The number of hydrogen-bond acceptors (Lipinski definition) is 5. The molecule has 0 aromatic heterocycles. The molecular formula is C32H28ClN3O4S. The van der Waals surface area contributed by atoms with E-state index < -0.39 is 17.1 Å². The van der Waals surface area contributed by atoms with Gasteiger partial charge >= 0.3 is 0 Å². The number of carbonyl (C=O) groups is 3. The zero-order valence-electron chi connectivity index (χ0n) is 22.4. The number of carbonyl (C=O) groups excluding carboxylic acids is 3. The number of thioether (sulfide) groups is 1. The SMILES string of the molecule is COc1ccccc1/C=C(/NC(=O)c1ccccc1)C(=O)Nc1cccc(SC(C)C(=O)Nc2cccc(Cl)c2)c1. The highest BCUT2D eigenvalue weighted by molar-refractivity contribution is 8.00. The van der Waals surface area contributed by atoms with E-state index in [4.69, 9.17) is 16.3 Å².